The molecule has 0 bridgehead atoms. The highest BCUT2D eigenvalue weighted by Crippen LogP contribution is 2.17. The van der Waals surface area contributed by atoms with Gasteiger partial charge in [0, 0.05) is 11.7 Å². The predicted molar refractivity (Wildman–Crippen MR) is 93.7 cm³/mol. The van der Waals surface area contributed by atoms with Gasteiger partial charge in [-0.3, -0.25) is 9.59 Å². The number of carbonyl (C=O) groups excluding carboxylic acids is 2. The molecule has 2 aromatic rings. The SMILES string of the molecule is CCC(C)NC(=O)C(=O)Nc1ccc(OCc2ccccc2)cc1. The van der Waals surface area contributed by atoms with Crippen LogP contribution in [-0.4, -0.2) is 17.9 Å². The highest BCUT2D eigenvalue weighted by molar-refractivity contribution is 6.39. The lowest BCUT2D eigenvalue weighted by molar-refractivity contribution is -0.136. The summed E-state index contributed by atoms with van der Waals surface area (Å²) in [6, 6.07) is 16.7. The summed E-state index contributed by atoms with van der Waals surface area (Å²) in [6.07, 6.45) is 0.770. The first-order chi connectivity index (χ1) is 11.6. The Morgan fingerprint density at radius 2 is 1.67 bits per heavy atom. The molecule has 0 saturated carbocycles. The molecule has 0 spiro atoms. The summed E-state index contributed by atoms with van der Waals surface area (Å²) in [5.41, 5.74) is 1.63. The van der Waals surface area contributed by atoms with Crippen LogP contribution in [0.3, 0.4) is 0 Å². The number of anilines is 1. The largest absolute Gasteiger partial charge is 0.489 e. The molecule has 0 aliphatic carbocycles. The number of hydrogen-bond acceptors (Lipinski definition) is 3. The second-order valence-corrected chi connectivity index (χ2v) is 5.54. The zero-order valence-corrected chi connectivity index (χ0v) is 13.9. The second-order valence-electron chi connectivity index (χ2n) is 5.54. The molecule has 0 radical (unpaired) electrons. The van der Waals surface area contributed by atoms with E-state index in [0.29, 0.717) is 18.0 Å². The molecule has 2 rings (SSSR count). The van der Waals surface area contributed by atoms with Crippen molar-refractivity contribution in [2.24, 2.45) is 0 Å². The molecule has 0 saturated heterocycles. The van der Waals surface area contributed by atoms with Gasteiger partial charge in [0.05, 0.1) is 0 Å². The summed E-state index contributed by atoms with van der Waals surface area (Å²) >= 11 is 0. The summed E-state index contributed by atoms with van der Waals surface area (Å²) in [7, 11) is 0. The van der Waals surface area contributed by atoms with E-state index in [1.165, 1.54) is 0 Å². The maximum Gasteiger partial charge on any atom is 0.313 e. The number of carbonyl (C=O) groups is 2. The predicted octanol–water partition coefficient (Wildman–Crippen LogP) is 3.12. The van der Waals surface area contributed by atoms with E-state index < -0.39 is 11.8 Å². The fourth-order valence-corrected chi connectivity index (χ4v) is 1.95. The topological polar surface area (TPSA) is 67.4 Å². The molecule has 0 fully saturated rings. The van der Waals surface area contributed by atoms with Crippen LogP contribution >= 0.6 is 0 Å². The van der Waals surface area contributed by atoms with E-state index in [1.807, 2.05) is 44.2 Å². The average Bonchev–Trinajstić information content (AvgIpc) is 2.61. The van der Waals surface area contributed by atoms with Crippen LogP contribution < -0.4 is 15.4 Å². The van der Waals surface area contributed by atoms with Crippen LogP contribution in [0.5, 0.6) is 5.75 Å². The van der Waals surface area contributed by atoms with Crippen LogP contribution in [0.4, 0.5) is 5.69 Å². The maximum absolute atomic E-state index is 11.8. The number of amides is 2. The van der Waals surface area contributed by atoms with Gasteiger partial charge in [-0.25, -0.2) is 0 Å². The molecule has 0 aromatic heterocycles. The maximum atomic E-state index is 11.8. The Morgan fingerprint density at radius 3 is 2.29 bits per heavy atom. The molecule has 5 heteroatoms. The van der Waals surface area contributed by atoms with Crippen molar-refractivity contribution >= 4 is 17.5 Å². The van der Waals surface area contributed by atoms with Gasteiger partial charge < -0.3 is 15.4 Å². The molecule has 5 nitrogen and oxygen atoms in total. The minimum atomic E-state index is -0.673. The number of rotatable bonds is 6. The zero-order chi connectivity index (χ0) is 17.4. The average molecular weight is 326 g/mol. The van der Waals surface area contributed by atoms with Crippen LogP contribution in [0.25, 0.3) is 0 Å². The van der Waals surface area contributed by atoms with E-state index in [0.717, 1.165) is 12.0 Å². The number of ether oxygens (including phenoxy) is 1. The van der Waals surface area contributed by atoms with Crippen LogP contribution in [-0.2, 0) is 16.2 Å². The standard InChI is InChI=1S/C19H22N2O3/c1-3-14(2)20-18(22)19(23)21-16-9-11-17(12-10-16)24-13-15-7-5-4-6-8-15/h4-12,14H,3,13H2,1-2H3,(H,20,22)(H,21,23). The minimum absolute atomic E-state index is 0.0305. The molecule has 1 atom stereocenters. The highest BCUT2D eigenvalue weighted by atomic mass is 16.5. The third-order valence-corrected chi connectivity index (χ3v) is 3.56. The van der Waals surface area contributed by atoms with E-state index in [4.69, 9.17) is 4.74 Å². The Labute approximate surface area is 142 Å². The summed E-state index contributed by atoms with van der Waals surface area (Å²) in [4.78, 5) is 23.5. The quantitative estimate of drug-likeness (QED) is 0.802. The van der Waals surface area contributed by atoms with Crippen molar-refractivity contribution < 1.29 is 14.3 Å². The van der Waals surface area contributed by atoms with E-state index >= 15 is 0 Å². The van der Waals surface area contributed by atoms with Gasteiger partial charge in [-0.1, -0.05) is 37.3 Å². The van der Waals surface area contributed by atoms with Crippen LogP contribution in [0.1, 0.15) is 25.8 Å². The van der Waals surface area contributed by atoms with Crippen LogP contribution in [0.2, 0.25) is 0 Å². The first-order valence-corrected chi connectivity index (χ1v) is 7.97. The van der Waals surface area contributed by atoms with Gasteiger partial charge in [0.25, 0.3) is 0 Å². The van der Waals surface area contributed by atoms with Crippen molar-refractivity contribution in [1.29, 1.82) is 0 Å². The normalized spacial score (nSPS) is 11.4. The van der Waals surface area contributed by atoms with Gasteiger partial charge in [-0.15, -0.1) is 0 Å². The smallest absolute Gasteiger partial charge is 0.313 e. The molecule has 24 heavy (non-hydrogen) atoms. The lowest BCUT2D eigenvalue weighted by Gasteiger charge is -2.11. The third-order valence-electron chi connectivity index (χ3n) is 3.56. The molecule has 0 aliphatic heterocycles. The van der Waals surface area contributed by atoms with Gasteiger partial charge in [-0.2, -0.15) is 0 Å². The molecule has 2 N–H and O–H groups in total. The Morgan fingerprint density at radius 1 is 1.00 bits per heavy atom. The molecule has 0 aliphatic rings. The Balaban J connectivity index is 1.85. The molecule has 2 amide bonds. The summed E-state index contributed by atoms with van der Waals surface area (Å²) in [5.74, 6) is -0.608. The fraction of sp³-hybridized carbons (Fsp3) is 0.263. The molecular formula is C19H22N2O3. The zero-order valence-electron chi connectivity index (χ0n) is 13.9. The van der Waals surface area contributed by atoms with E-state index in [1.54, 1.807) is 24.3 Å². The number of nitrogens with one attached hydrogen (secondary N) is 2. The van der Waals surface area contributed by atoms with E-state index in [-0.39, 0.29) is 6.04 Å². The third kappa shape index (κ3) is 5.43. The monoisotopic (exact) mass is 326 g/mol. The summed E-state index contributed by atoms with van der Waals surface area (Å²) in [6.45, 7) is 4.27. The Hall–Kier alpha value is -2.82. The van der Waals surface area contributed by atoms with Gasteiger partial charge in [0.2, 0.25) is 0 Å². The lowest BCUT2D eigenvalue weighted by Crippen LogP contribution is -2.40. The summed E-state index contributed by atoms with van der Waals surface area (Å²) < 4.78 is 5.67. The van der Waals surface area contributed by atoms with Crippen molar-refractivity contribution in [3.8, 4) is 5.75 Å². The lowest BCUT2D eigenvalue weighted by atomic mass is 10.2. The van der Waals surface area contributed by atoms with Gasteiger partial charge in [0.15, 0.2) is 0 Å². The van der Waals surface area contributed by atoms with Crippen molar-refractivity contribution in [2.45, 2.75) is 32.9 Å². The van der Waals surface area contributed by atoms with Gasteiger partial charge in [0.1, 0.15) is 12.4 Å². The molecular weight excluding hydrogens is 304 g/mol. The number of benzene rings is 2. The van der Waals surface area contributed by atoms with E-state index in [9.17, 15) is 9.59 Å². The molecule has 0 heterocycles. The van der Waals surface area contributed by atoms with Gasteiger partial charge in [-0.05, 0) is 43.2 Å². The first-order valence-electron chi connectivity index (χ1n) is 7.97. The molecule has 1 unspecified atom stereocenters. The summed E-state index contributed by atoms with van der Waals surface area (Å²) in [5, 5.41) is 5.19. The van der Waals surface area contributed by atoms with E-state index in [2.05, 4.69) is 10.6 Å². The van der Waals surface area contributed by atoms with Crippen LogP contribution in [0, 0.1) is 0 Å². The first kappa shape index (κ1) is 17.5. The van der Waals surface area contributed by atoms with Crippen molar-refractivity contribution in [1.82, 2.24) is 5.32 Å². The molecule has 2 aromatic carbocycles. The van der Waals surface area contributed by atoms with Crippen molar-refractivity contribution in [2.75, 3.05) is 5.32 Å². The Kier molecular flexibility index (Phi) is 6.37. The molecule has 126 valence electrons. The van der Waals surface area contributed by atoms with Crippen molar-refractivity contribution in [3.63, 3.8) is 0 Å². The number of hydrogen-bond donors (Lipinski definition) is 2. The van der Waals surface area contributed by atoms with Crippen LogP contribution in [0.15, 0.2) is 54.6 Å². The highest BCUT2D eigenvalue weighted by Gasteiger charge is 2.15. The fourth-order valence-electron chi connectivity index (χ4n) is 1.95. The van der Waals surface area contributed by atoms with Gasteiger partial charge >= 0.3 is 11.8 Å². The Bertz CT molecular complexity index is 669. The minimum Gasteiger partial charge on any atom is -0.489 e. The second kappa shape index (κ2) is 8.72. The van der Waals surface area contributed by atoms with Crippen molar-refractivity contribution in [3.05, 3.63) is 60.2 Å².